The summed E-state index contributed by atoms with van der Waals surface area (Å²) in [5.41, 5.74) is 6.34. The van der Waals surface area contributed by atoms with Crippen LogP contribution in [-0.2, 0) is 6.54 Å². The fraction of sp³-hybridized carbons (Fsp3) is 0.111. The second kappa shape index (κ2) is 4.27. The molecule has 0 saturated heterocycles. The van der Waals surface area contributed by atoms with Gasteiger partial charge < -0.3 is 15.6 Å². The number of hydrogen-bond acceptors (Lipinski definition) is 7. The summed E-state index contributed by atoms with van der Waals surface area (Å²) in [4.78, 5) is 7.83. The fourth-order valence-corrected chi connectivity index (χ4v) is 1.14. The minimum absolute atomic E-state index is 0.335. The quantitative estimate of drug-likeness (QED) is 0.769. The number of nitriles is 1. The first-order valence-electron chi connectivity index (χ1n) is 4.44. The van der Waals surface area contributed by atoms with Crippen molar-refractivity contribution >= 4 is 11.5 Å². The Balaban J connectivity index is 2.13. The molecule has 0 fully saturated rings. The Bertz CT molecular complexity index is 515. The van der Waals surface area contributed by atoms with E-state index in [1.54, 1.807) is 6.07 Å². The molecule has 3 N–H and O–H groups in total. The number of rotatable bonds is 3. The molecule has 0 aliphatic carbocycles. The third-order valence-corrected chi connectivity index (χ3v) is 1.85. The highest BCUT2D eigenvalue weighted by molar-refractivity contribution is 5.57. The fourth-order valence-electron chi connectivity index (χ4n) is 1.14. The molecule has 7 nitrogen and oxygen atoms in total. The number of hydrogen-bond donors (Lipinski definition) is 2. The number of nitrogens with one attached hydrogen (secondary N) is 1. The van der Waals surface area contributed by atoms with Crippen LogP contribution in [0.3, 0.4) is 0 Å². The average molecular weight is 216 g/mol. The molecule has 80 valence electrons. The Hall–Kier alpha value is -2.62. The molecule has 0 radical (unpaired) electrons. The second-order valence-electron chi connectivity index (χ2n) is 2.98. The summed E-state index contributed by atoms with van der Waals surface area (Å²) in [5.74, 6) is 0.934. The number of nitrogens with zero attached hydrogens (tertiary/aromatic N) is 4. The first kappa shape index (κ1) is 9.92. The Labute approximate surface area is 90.9 Å². The van der Waals surface area contributed by atoms with Gasteiger partial charge >= 0.3 is 0 Å². The van der Waals surface area contributed by atoms with E-state index in [1.807, 2.05) is 6.07 Å². The van der Waals surface area contributed by atoms with E-state index in [2.05, 4.69) is 25.0 Å². The van der Waals surface area contributed by atoms with E-state index in [0.29, 0.717) is 29.4 Å². The van der Waals surface area contributed by atoms with Crippen molar-refractivity contribution in [2.75, 3.05) is 11.1 Å². The van der Waals surface area contributed by atoms with Gasteiger partial charge in [-0.2, -0.15) is 10.2 Å². The molecule has 0 aromatic carbocycles. The van der Waals surface area contributed by atoms with E-state index >= 15 is 0 Å². The van der Waals surface area contributed by atoms with Crippen molar-refractivity contribution < 1.29 is 4.52 Å². The van der Waals surface area contributed by atoms with Gasteiger partial charge in [-0.1, -0.05) is 5.16 Å². The molecule has 0 aliphatic heterocycles. The van der Waals surface area contributed by atoms with E-state index in [1.165, 1.54) is 12.6 Å². The molecule has 7 heteroatoms. The van der Waals surface area contributed by atoms with Crippen LogP contribution in [0.15, 0.2) is 23.2 Å². The van der Waals surface area contributed by atoms with Crippen LogP contribution in [-0.4, -0.2) is 15.1 Å². The van der Waals surface area contributed by atoms with E-state index in [4.69, 9.17) is 11.0 Å². The molecule has 2 aromatic rings. The summed E-state index contributed by atoms with van der Waals surface area (Å²) in [6, 6.07) is 3.54. The summed E-state index contributed by atoms with van der Waals surface area (Å²) < 4.78 is 4.57. The normalized spacial score (nSPS) is 9.69. The minimum Gasteiger partial charge on any atom is -0.397 e. The van der Waals surface area contributed by atoms with E-state index in [-0.39, 0.29) is 0 Å². The molecule has 0 amide bonds. The zero-order valence-electron chi connectivity index (χ0n) is 8.21. The highest BCUT2D eigenvalue weighted by Gasteiger charge is 2.05. The van der Waals surface area contributed by atoms with Crippen molar-refractivity contribution in [2.45, 2.75) is 6.54 Å². The smallest absolute Gasteiger partial charge is 0.213 e. The van der Waals surface area contributed by atoms with Gasteiger partial charge in [0, 0.05) is 0 Å². The molecule has 0 atom stereocenters. The van der Waals surface area contributed by atoms with Gasteiger partial charge in [0.05, 0.1) is 24.0 Å². The van der Waals surface area contributed by atoms with Crippen molar-refractivity contribution in [3.8, 4) is 6.07 Å². The second-order valence-corrected chi connectivity index (χ2v) is 2.98. The number of nitrogen functional groups attached to an aromatic ring is 1. The number of aromatic nitrogens is 3. The maximum atomic E-state index is 8.86. The van der Waals surface area contributed by atoms with Gasteiger partial charge in [0.2, 0.25) is 6.39 Å². The molecule has 0 aliphatic rings. The third-order valence-electron chi connectivity index (χ3n) is 1.85. The largest absolute Gasteiger partial charge is 0.397 e. The number of anilines is 2. The average Bonchev–Trinajstić information content (AvgIpc) is 2.80. The third kappa shape index (κ3) is 2.06. The molecule has 0 unspecified atom stereocenters. The van der Waals surface area contributed by atoms with Gasteiger partial charge in [0.1, 0.15) is 11.9 Å². The van der Waals surface area contributed by atoms with E-state index < -0.39 is 0 Å². The summed E-state index contributed by atoms with van der Waals surface area (Å²) >= 11 is 0. The predicted molar refractivity (Wildman–Crippen MR) is 55.0 cm³/mol. The first-order chi connectivity index (χ1) is 7.79. The molecule has 0 saturated carbocycles. The maximum Gasteiger partial charge on any atom is 0.213 e. The van der Waals surface area contributed by atoms with Gasteiger partial charge in [-0.05, 0) is 6.07 Å². The van der Waals surface area contributed by atoms with Crippen LogP contribution in [0.4, 0.5) is 11.5 Å². The van der Waals surface area contributed by atoms with Gasteiger partial charge in [-0.3, -0.25) is 0 Å². The van der Waals surface area contributed by atoms with Crippen molar-refractivity contribution in [3.63, 3.8) is 0 Å². The maximum absolute atomic E-state index is 8.86. The van der Waals surface area contributed by atoms with Crippen molar-refractivity contribution in [1.29, 1.82) is 5.26 Å². The number of nitrogens with two attached hydrogens (primary N) is 1. The van der Waals surface area contributed by atoms with Crippen LogP contribution >= 0.6 is 0 Å². The Morgan fingerprint density at radius 2 is 2.38 bits per heavy atom. The van der Waals surface area contributed by atoms with Gasteiger partial charge in [0.15, 0.2) is 5.82 Å². The lowest BCUT2D eigenvalue weighted by Gasteiger charge is -2.04. The van der Waals surface area contributed by atoms with E-state index in [9.17, 15) is 0 Å². The Kier molecular flexibility index (Phi) is 2.65. The van der Waals surface area contributed by atoms with Crippen LogP contribution in [0.5, 0.6) is 0 Å². The van der Waals surface area contributed by atoms with Crippen molar-refractivity contribution in [1.82, 2.24) is 15.1 Å². The van der Waals surface area contributed by atoms with Crippen LogP contribution in [0.1, 0.15) is 11.4 Å². The lowest BCUT2D eigenvalue weighted by Crippen LogP contribution is -2.05. The molecule has 0 bridgehead atoms. The van der Waals surface area contributed by atoms with E-state index in [0.717, 1.165) is 0 Å². The lowest BCUT2D eigenvalue weighted by atomic mass is 10.2. The van der Waals surface area contributed by atoms with Gasteiger partial charge in [0.25, 0.3) is 0 Å². The summed E-state index contributed by atoms with van der Waals surface area (Å²) in [6.45, 7) is 0.335. The van der Waals surface area contributed by atoms with Gasteiger partial charge in [-0.15, -0.1) is 0 Å². The molecule has 2 aromatic heterocycles. The van der Waals surface area contributed by atoms with Crippen LogP contribution < -0.4 is 11.1 Å². The molecular weight excluding hydrogens is 208 g/mol. The van der Waals surface area contributed by atoms with Crippen molar-refractivity contribution in [2.24, 2.45) is 0 Å². The Morgan fingerprint density at radius 1 is 1.50 bits per heavy atom. The zero-order valence-corrected chi connectivity index (χ0v) is 8.21. The summed E-state index contributed by atoms with van der Waals surface area (Å²) in [6.07, 6.45) is 2.71. The summed E-state index contributed by atoms with van der Waals surface area (Å²) in [7, 11) is 0. The molecule has 0 spiro atoms. The SMILES string of the molecule is N#Cc1cc(N)cnc1NCc1ncon1. The van der Waals surface area contributed by atoms with Crippen molar-refractivity contribution in [3.05, 3.63) is 30.0 Å². The standard InChI is InChI=1S/C9H8N6O/c10-2-6-1-7(11)3-12-9(6)13-4-8-14-5-16-15-8/h1,3,5H,4,11H2,(H,12,13). The van der Waals surface area contributed by atoms with Gasteiger partial charge in [-0.25, -0.2) is 4.98 Å². The minimum atomic E-state index is 0.335. The molecule has 16 heavy (non-hydrogen) atoms. The highest BCUT2D eigenvalue weighted by Crippen LogP contribution is 2.14. The van der Waals surface area contributed by atoms with Crippen LogP contribution in [0.2, 0.25) is 0 Å². The first-order valence-corrected chi connectivity index (χ1v) is 4.44. The van der Waals surface area contributed by atoms with Crippen LogP contribution in [0, 0.1) is 11.3 Å². The zero-order chi connectivity index (χ0) is 11.4. The Morgan fingerprint density at radius 3 is 3.06 bits per heavy atom. The molecular formula is C9H8N6O. The highest BCUT2D eigenvalue weighted by atomic mass is 16.5. The summed E-state index contributed by atoms with van der Waals surface area (Å²) in [5, 5.41) is 15.4. The predicted octanol–water partition coefficient (Wildman–Crippen LogP) is 0.531. The number of pyridine rings is 1. The lowest BCUT2D eigenvalue weighted by molar-refractivity contribution is 0.411. The molecule has 2 rings (SSSR count). The monoisotopic (exact) mass is 216 g/mol. The molecule has 2 heterocycles. The topological polar surface area (TPSA) is 114 Å². The van der Waals surface area contributed by atoms with Crippen LogP contribution in [0.25, 0.3) is 0 Å².